The lowest BCUT2D eigenvalue weighted by atomic mass is 9.97. The molecule has 0 radical (unpaired) electrons. The van der Waals surface area contributed by atoms with Crippen LogP contribution in [0, 0.1) is 0 Å². The Morgan fingerprint density at radius 2 is 1.25 bits per heavy atom. The van der Waals surface area contributed by atoms with E-state index >= 15 is 0 Å². The van der Waals surface area contributed by atoms with Crippen molar-refractivity contribution in [1.29, 1.82) is 0 Å². The fourth-order valence-electron chi connectivity index (χ4n) is 2.16. The first-order valence-electron chi connectivity index (χ1n) is 6.93. The van der Waals surface area contributed by atoms with E-state index in [4.69, 9.17) is 4.74 Å². The minimum Gasteiger partial charge on any atom is -0.385 e. The van der Waals surface area contributed by atoms with Crippen molar-refractivity contribution in [1.82, 2.24) is 0 Å². The van der Waals surface area contributed by atoms with Crippen LogP contribution in [0.1, 0.15) is 44.1 Å². The molecule has 1 N–H and O–H groups in total. The summed E-state index contributed by atoms with van der Waals surface area (Å²) in [6.07, 6.45) is -1.06. The summed E-state index contributed by atoms with van der Waals surface area (Å²) in [5.74, 6) is 0. The second-order valence-corrected chi connectivity index (χ2v) is 5.92. The molecular formula is C18H22O2. The molecule has 0 heterocycles. The highest BCUT2D eigenvalue weighted by atomic mass is 16.5. The SMILES string of the molecule is CC(C)(C)O[C@@H](c1ccccc1)[C@H](O)c1ccccc1. The van der Waals surface area contributed by atoms with Crippen molar-refractivity contribution in [3.8, 4) is 0 Å². The van der Waals surface area contributed by atoms with Crippen LogP contribution in [0.3, 0.4) is 0 Å². The standard InChI is InChI=1S/C18H22O2/c1-18(2,3)20-17(15-12-8-5-9-13-15)16(19)14-10-6-4-7-11-14/h4-13,16-17,19H,1-3H3/t16-,17+/m1/s1. The van der Waals surface area contributed by atoms with Gasteiger partial charge in [0.05, 0.1) is 5.60 Å². The minimum atomic E-state index is -0.683. The molecule has 0 aromatic heterocycles. The van der Waals surface area contributed by atoms with Crippen LogP contribution in [0.15, 0.2) is 60.7 Å². The van der Waals surface area contributed by atoms with Gasteiger partial charge in [-0.25, -0.2) is 0 Å². The minimum absolute atomic E-state index is 0.323. The van der Waals surface area contributed by atoms with Gasteiger partial charge in [0.15, 0.2) is 0 Å². The van der Waals surface area contributed by atoms with Gasteiger partial charge in [-0.1, -0.05) is 60.7 Å². The second-order valence-electron chi connectivity index (χ2n) is 5.92. The molecular weight excluding hydrogens is 248 g/mol. The Morgan fingerprint density at radius 1 is 0.800 bits per heavy atom. The summed E-state index contributed by atoms with van der Waals surface area (Å²) in [5.41, 5.74) is 1.53. The molecule has 0 unspecified atom stereocenters. The van der Waals surface area contributed by atoms with E-state index in [9.17, 15) is 5.11 Å². The first-order chi connectivity index (χ1) is 9.47. The summed E-state index contributed by atoms with van der Waals surface area (Å²) in [6.45, 7) is 6.00. The van der Waals surface area contributed by atoms with Crippen molar-refractivity contribution >= 4 is 0 Å². The zero-order chi connectivity index (χ0) is 14.6. The molecule has 0 amide bonds. The third-order valence-corrected chi connectivity index (χ3v) is 3.04. The largest absolute Gasteiger partial charge is 0.385 e. The Kier molecular flexibility index (Phi) is 4.58. The quantitative estimate of drug-likeness (QED) is 0.898. The Bertz CT molecular complexity index is 514. The predicted octanol–water partition coefficient (Wildman–Crippen LogP) is 4.28. The topological polar surface area (TPSA) is 29.5 Å². The number of hydrogen-bond donors (Lipinski definition) is 1. The molecule has 0 saturated carbocycles. The van der Waals surface area contributed by atoms with Crippen molar-refractivity contribution in [2.45, 2.75) is 38.6 Å². The molecule has 106 valence electrons. The Balaban J connectivity index is 2.32. The summed E-state index contributed by atoms with van der Waals surface area (Å²) < 4.78 is 6.09. The van der Waals surface area contributed by atoms with Gasteiger partial charge in [-0.2, -0.15) is 0 Å². The van der Waals surface area contributed by atoms with Crippen LogP contribution in [0.2, 0.25) is 0 Å². The summed E-state index contributed by atoms with van der Waals surface area (Å²) in [4.78, 5) is 0. The lowest BCUT2D eigenvalue weighted by molar-refractivity contribution is -0.115. The molecule has 2 atom stereocenters. The molecule has 0 saturated heterocycles. The van der Waals surface area contributed by atoms with Crippen LogP contribution < -0.4 is 0 Å². The van der Waals surface area contributed by atoms with Crippen LogP contribution in [0.5, 0.6) is 0 Å². The molecule has 0 fully saturated rings. The average Bonchev–Trinajstić information content (AvgIpc) is 2.45. The predicted molar refractivity (Wildman–Crippen MR) is 81.4 cm³/mol. The fourth-order valence-corrected chi connectivity index (χ4v) is 2.16. The first-order valence-corrected chi connectivity index (χ1v) is 6.93. The summed E-state index contributed by atoms with van der Waals surface area (Å²) >= 11 is 0. The Labute approximate surface area is 121 Å². The third kappa shape index (κ3) is 3.92. The average molecular weight is 270 g/mol. The molecule has 2 heteroatoms. The molecule has 0 aliphatic carbocycles. The van der Waals surface area contributed by atoms with E-state index in [1.54, 1.807) is 0 Å². The second kappa shape index (κ2) is 6.21. The van der Waals surface area contributed by atoms with Gasteiger partial charge in [-0.15, -0.1) is 0 Å². The van der Waals surface area contributed by atoms with Gasteiger partial charge in [-0.3, -0.25) is 0 Å². The molecule has 0 aliphatic rings. The maximum Gasteiger partial charge on any atom is 0.113 e. The molecule has 2 aromatic carbocycles. The Hall–Kier alpha value is -1.64. The normalized spacial score (nSPS) is 14.8. The number of aliphatic hydroxyl groups excluding tert-OH is 1. The molecule has 2 aromatic rings. The molecule has 0 aliphatic heterocycles. The summed E-state index contributed by atoms with van der Waals surface area (Å²) in [5, 5.41) is 10.7. The summed E-state index contributed by atoms with van der Waals surface area (Å²) in [7, 11) is 0. The van der Waals surface area contributed by atoms with Crippen molar-refractivity contribution in [2.75, 3.05) is 0 Å². The zero-order valence-corrected chi connectivity index (χ0v) is 12.3. The summed E-state index contributed by atoms with van der Waals surface area (Å²) in [6, 6.07) is 19.5. The number of hydrogen-bond acceptors (Lipinski definition) is 2. The van der Waals surface area contributed by atoms with Gasteiger partial charge in [0.25, 0.3) is 0 Å². The molecule has 0 spiro atoms. The number of aliphatic hydroxyl groups is 1. The van der Waals surface area contributed by atoms with E-state index in [2.05, 4.69) is 0 Å². The van der Waals surface area contributed by atoms with Gasteiger partial charge < -0.3 is 9.84 Å². The van der Waals surface area contributed by atoms with Crippen molar-refractivity contribution in [3.05, 3.63) is 71.8 Å². The number of rotatable bonds is 4. The first kappa shape index (κ1) is 14.8. The van der Waals surface area contributed by atoms with Crippen LogP contribution in [-0.2, 0) is 4.74 Å². The van der Waals surface area contributed by atoms with Crippen LogP contribution in [0.4, 0.5) is 0 Å². The van der Waals surface area contributed by atoms with Gasteiger partial charge in [-0.05, 0) is 31.9 Å². The van der Waals surface area contributed by atoms with E-state index in [1.165, 1.54) is 0 Å². The number of benzene rings is 2. The van der Waals surface area contributed by atoms with E-state index in [-0.39, 0.29) is 11.7 Å². The molecule has 20 heavy (non-hydrogen) atoms. The molecule has 2 rings (SSSR count). The maximum absolute atomic E-state index is 10.7. The molecule has 0 bridgehead atoms. The zero-order valence-electron chi connectivity index (χ0n) is 12.3. The van der Waals surface area contributed by atoms with Crippen molar-refractivity contribution in [3.63, 3.8) is 0 Å². The number of ether oxygens (including phenoxy) is 1. The molecule has 2 nitrogen and oxygen atoms in total. The van der Waals surface area contributed by atoms with Gasteiger partial charge in [0.1, 0.15) is 12.2 Å². The van der Waals surface area contributed by atoms with E-state index < -0.39 is 6.10 Å². The van der Waals surface area contributed by atoms with Gasteiger partial charge in [0.2, 0.25) is 0 Å². The Morgan fingerprint density at radius 3 is 1.70 bits per heavy atom. The van der Waals surface area contributed by atoms with E-state index in [0.29, 0.717) is 0 Å². The van der Waals surface area contributed by atoms with Crippen LogP contribution >= 0.6 is 0 Å². The van der Waals surface area contributed by atoms with E-state index in [1.807, 2.05) is 81.4 Å². The smallest absolute Gasteiger partial charge is 0.113 e. The lowest BCUT2D eigenvalue weighted by Gasteiger charge is -2.31. The highest BCUT2D eigenvalue weighted by Crippen LogP contribution is 2.35. The fraction of sp³-hybridized carbons (Fsp3) is 0.333. The van der Waals surface area contributed by atoms with Crippen LogP contribution in [0.25, 0.3) is 0 Å². The van der Waals surface area contributed by atoms with Crippen LogP contribution in [-0.4, -0.2) is 10.7 Å². The monoisotopic (exact) mass is 270 g/mol. The maximum atomic E-state index is 10.7. The van der Waals surface area contributed by atoms with Crippen molar-refractivity contribution in [2.24, 2.45) is 0 Å². The third-order valence-electron chi connectivity index (χ3n) is 3.04. The lowest BCUT2D eigenvalue weighted by Crippen LogP contribution is -2.26. The van der Waals surface area contributed by atoms with Gasteiger partial charge in [0, 0.05) is 0 Å². The van der Waals surface area contributed by atoms with E-state index in [0.717, 1.165) is 11.1 Å². The highest BCUT2D eigenvalue weighted by Gasteiger charge is 2.28. The van der Waals surface area contributed by atoms with Crippen molar-refractivity contribution < 1.29 is 9.84 Å². The highest BCUT2D eigenvalue weighted by molar-refractivity contribution is 5.25. The van der Waals surface area contributed by atoms with Gasteiger partial charge >= 0.3 is 0 Å².